The molecule has 0 aromatic heterocycles. The summed E-state index contributed by atoms with van der Waals surface area (Å²) in [6.45, 7) is 0.0488. The van der Waals surface area contributed by atoms with Gasteiger partial charge in [0.2, 0.25) is 0 Å². The number of non-ortho nitro benzene ring substituents is 1. The number of nitrogens with zero attached hydrogens (tertiary/aromatic N) is 2. The van der Waals surface area contributed by atoms with Gasteiger partial charge < -0.3 is 14.7 Å². The largest absolute Gasteiger partial charge is 0.395 e. The Kier molecular flexibility index (Phi) is 5.58. The summed E-state index contributed by atoms with van der Waals surface area (Å²) < 4.78 is 32.3. The highest BCUT2D eigenvalue weighted by atomic mass is 19.1. The van der Waals surface area contributed by atoms with E-state index in [0.717, 1.165) is 0 Å². The number of hydrogen-bond donors (Lipinski definition) is 1. The Labute approximate surface area is 108 Å². The molecule has 0 radical (unpaired) electrons. The Morgan fingerprint density at radius 3 is 2.37 bits per heavy atom. The summed E-state index contributed by atoms with van der Waals surface area (Å²) in [5, 5.41) is 19.4. The van der Waals surface area contributed by atoms with Crippen LogP contribution in [0.3, 0.4) is 0 Å². The fraction of sp³-hybridized carbons (Fsp3) is 0.455. The zero-order valence-electron chi connectivity index (χ0n) is 10.3. The molecule has 0 amide bonds. The molecule has 0 fully saturated rings. The van der Waals surface area contributed by atoms with E-state index in [0.29, 0.717) is 12.1 Å². The highest BCUT2D eigenvalue weighted by molar-refractivity contribution is 5.53. The van der Waals surface area contributed by atoms with Gasteiger partial charge in [0, 0.05) is 20.2 Å². The van der Waals surface area contributed by atoms with E-state index in [9.17, 15) is 18.9 Å². The third-order valence-electron chi connectivity index (χ3n) is 2.46. The molecule has 0 spiro atoms. The Morgan fingerprint density at radius 2 is 1.95 bits per heavy atom. The van der Waals surface area contributed by atoms with E-state index in [-0.39, 0.29) is 26.3 Å². The maximum atomic E-state index is 13.8. The molecule has 0 aliphatic rings. The number of rotatable bonds is 7. The monoisotopic (exact) mass is 276 g/mol. The first-order valence-corrected chi connectivity index (χ1v) is 5.49. The van der Waals surface area contributed by atoms with Gasteiger partial charge in [-0.3, -0.25) is 10.1 Å². The van der Waals surface area contributed by atoms with Crippen molar-refractivity contribution in [1.82, 2.24) is 0 Å². The predicted molar refractivity (Wildman–Crippen MR) is 64.2 cm³/mol. The lowest BCUT2D eigenvalue weighted by molar-refractivity contribution is -0.385. The van der Waals surface area contributed by atoms with E-state index >= 15 is 0 Å². The van der Waals surface area contributed by atoms with Crippen LogP contribution in [0.25, 0.3) is 0 Å². The third-order valence-corrected chi connectivity index (χ3v) is 2.46. The molecular formula is C11H14F2N2O4. The first-order chi connectivity index (χ1) is 9.01. The topological polar surface area (TPSA) is 75.8 Å². The predicted octanol–water partition coefficient (Wildman–Crippen LogP) is 1.32. The van der Waals surface area contributed by atoms with Crippen molar-refractivity contribution < 1.29 is 23.5 Å². The molecule has 1 aromatic carbocycles. The molecule has 0 saturated heterocycles. The van der Waals surface area contributed by atoms with E-state index in [1.165, 1.54) is 12.0 Å². The Bertz CT molecular complexity index is 433. The molecule has 0 atom stereocenters. The highest BCUT2D eigenvalue weighted by Crippen LogP contribution is 2.27. The lowest BCUT2D eigenvalue weighted by Crippen LogP contribution is -2.31. The minimum absolute atomic E-state index is 0.00495. The first kappa shape index (κ1) is 15.3. The smallest absolute Gasteiger partial charge is 0.275 e. The fourth-order valence-electron chi connectivity index (χ4n) is 1.62. The van der Waals surface area contributed by atoms with Crippen molar-refractivity contribution in [1.29, 1.82) is 0 Å². The second-order valence-corrected chi connectivity index (χ2v) is 3.72. The first-order valence-electron chi connectivity index (χ1n) is 5.49. The lowest BCUT2D eigenvalue weighted by atomic mass is 10.2. The molecule has 8 heteroatoms. The SMILES string of the molecule is COCCN(CCO)c1c(F)cc([N+](=O)[O-])cc1F. The molecule has 0 heterocycles. The number of aliphatic hydroxyl groups excluding tert-OH is 1. The van der Waals surface area contributed by atoms with Gasteiger partial charge in [0.1, 0.15) is 5.69 Å². The maximum Gasteiger partial charge on any atom is 0.275 e. The summed E-state index contributed by atoms with van der Waals surface area (Å²) in [6, 6.07) is 1.30. The summed E-state index contributed by atoms with van der Waals surface area (Å²) in [4.78, 5) is 10.8. The summed E-state index contributed by atoms with van der Waals surface area (Å²) in [5.74, 6) is -2.09. The molecule has 1 aromatic rings. The van der Waals surface area contributed by atoms with Crippen LogP contribution in [0.5, 0.6) is 0 Å². The summed E-state index contributed by atoms with van der Waals surface area (Å²) in [6.07, 6.45) is 0. The van der Waals surface area contributed by atoms with E-state index in [1.54, 1.807) is 0 Å². The minimum atomic E-state index is -1.05. The number of ether oxygens (including phenoxy) is 1. The van der Waals surface area contributed by atoms with Crippen LogP contribution in [0.4, 0.5) is 20.2 Å². The number of aliphatic hydroxyl groups is 1. The number of anilines is 1. The van der Waals surface area contributed by atoms with E-state index in [1.807, 2.05) is 0 Å². The Balaban J connectivity index is 3.11. The summed E-state index contributed by atoms with van der Waals surface area (Å²) >= 11 is 0. The van der Waals surface area contributed by atoms with E-state index < -0.39 is 27.9 Å². The number of halogens is 2. The van der Waals surface area contributed by atoms with Crippen LogP contribution in [0, 0.1) is 21.7 Å². The number of methoxy groups -OCH3 is 1. The zero-order chi connectivity index (χ0) is 14.4. The Morgan fingerprint density at radius 1 is 1.37 bits per heavy atom. The molecule has 0 saturated carbocycles. The van der Waals surface area contributed by atoms with Crippen LogP contribution < -0.4 is 4.90 Å². The van der Waals surface area contributed by atoms with Crippen molar-refractivity contribution in [3.8, 4) is 0 Å². The van der Waals surface area contributed by atoms with Crippen molar-refractivity contribution in [3.63, 3.8) is 0 Å². The zero-order valence-corrected chi connectivity index (χ0v) is 10.3. The second-order valence-electron chi connectivity index (χ2n) is 3.72. The molecule has 0 bridgehead atoms. The standard InChI is InChI=1S/C11H14F2N2O4/c1-19-5-3-14(2-4-16)11-9(12)6-8(15(17)18)7-10(11)13/h6-7,16H,2-5H2,1H3. The fourth-order valence-corrected chi connectivity index (χ4v) is 1.62. The molecule has 0 unspecified atom stereocenters. The van der Waals surface area contributed by atoms with Crippen molar-refractivity contribution in [2.45, 2.75) is 0 Å². The van der Waals surface area contributed by atoms with E-state index in [4.69, 9.17) is 9.84 Å². The Hall–Kier alpha value is -1.80. The van der Waals surface area contributed by atoms with Gasteiger partial charge in [-0.1, -0.05) is 0 Å². The number of nitro groups is 1. The van der Waals surface area contributed by atoms with E-state index in [2.05, 4.69) is 0 Å². The molecule has 6 nitrogen and oxygen atoms in total. The quantitative estimate of drug-likeness (QED) is 0.600. The van der Waals surface area contributed by atoms with Gasteiger partial charge >= 0.3 is 0 Å². The average Bonchev–Trinajstić information content (AvgIpc) is 2.34. The van der Waals surface area contributed by atoms with Crippen molar-refractivity contribution >= 4 is 11.4 Å². The van der Waals surface area contributed by atoms with Gasteiger partial charge in [-0.15, -0.1) is 0 Å². The molecule has 1 N–H and O–H groups in total. The maximum absolute atomic E-state index is 13.8. The lowest BCUT2D eigenvalue weighted by Gasteiger charge is -2.24. The van der Waals surface area contributed by atoms with Gasteiger partial charge in [-0.25, -0.2) is 8.78 Å². The van der Waals surface area contributed by atoms with Gasteiger partial charge in [0.15, 0.2) is 11.6 Å². The van der Waals surface area contributed by atoms with Crippen molar-refractivity contribution in [3.05, 3.63) is 33.9 Å². The molecule has 1 rings (SSSR count). The normalized spacial score (nSPS) is 10.5. The number of nitro benzene ring substituents is 1. The number of hydrogen-bond acceptors (Lipinski definition) is 5. The van der Waals surface area contributed by atoms with Crippen LogP contribution in [0.15, 0.2) is 12.1 Å². The second kappa shape index (κ2) is 6.95. The van der Waals surface area contributed by atoms with Gasteiger partial charge in [-0.05, 0) is 0 Å². The van der Waals surface area contributed by atoms with Crippen molar-refractivity contribution in [2.24, 2.45) is 0 Å². The molecule has 106 valence electrons. The molecule has 0 aliphatic carbocycles. The summed E-state index contributed by atoms with van der Waals surface area (Å²) in [7, 11) is 1.43. The van der Waals surface area contributed by atoms with Crippen LogP contribution >= 0.6 is 0 Å². The van der Waals surface area contributed by atoms with Crippen LogP contribution in [-0.2, 0) is 4.74 Å². The molecule has 0 aliphatic heterocycles. The minimum Gasteiger partial charge on any atom is -0.395 e. The average molecular weight is 276 g/mol. The summed E-state index contributed by atoms with van der Waals surface area (Å²) in [5.41, 5.74) is -1.06. The highest BCUT2D eigenvalue weighted by Gasteiger charge is 2.21. The van der Waals surface area contributed by atoms with Crippen LogP contribution in [-0.4, -0.2) is 43.4 Å². The van der Waals surface area contributed by atoms with Crippen molar-refractivity contribution in [2.75, 3.05) is 38.3 Å². The van der Waals surface area contributed by atoms with Gasteiger partial charge in [0.05, 0.1) is 30.3 Å². The molecular weight excluding hydrogens is 262 g/mol. The third kappa shape index (κ3) is 3.83. The number of benzene rings is 1. The van der Waals surface area contributed by atoms with Gasteiger partial charge in [0.25, 0.3) is 5.69 Å². The molecule has 19 heavy (non-hydrogen) atoms. The van der Waals surface area contributed by atoms with Crippen LogP contribution in [0.1, 0.15) is 0 Å². The van der Waals surface area contributed by atoms with Crippen LogP contribution in [0.2, 0.25) is 0 Å². The van der Waals surface area contributed by atoms with Gasteiger partial charge in [-0.2, -0.15) is 0 Å².